The fourth-order valence-corrected chi connectivity index (χ4v) is 4.33. The Labute approximate surface area is 179 Å². The second-order valence-corrected chi connectivity index (χ2v) is 8.33. The summed E-state index contributed by atoms with van der Waals surface area (Å²) >= 11 is 3.41. The molecule has 0 aromatic heterocycles. The highest BCUT2D eigenvalue weighted by Crippen LogP contribution is 2.28. The Morgan fingerprint density at radius 3 is 2.45 bits per heavy atom. The number of benzene rings is 2. The van der Waals surface area contributed by atoms with Gasteiger partial charge in [-0.15, -0.1) is 0 Å². The van der Waals surface area contributed by atoms with Gasteiger partial charge < -0.3 is 0 Å². The van der Waals surface area contributed by atoms with Crippen LogP contribution in [0.1, 0.15) is 12.0 Å². The van der Waals surface area contributed by atoms with Gasteiger partial charge in [-0.2, -0.15) is 0 Å². The second kappa shape index (κ2) is 9.03. The lowest BCUT2D eigenvalue weighted by molar-refractivity contribution is -0.123. The third kappa shape index (κ3) is 4.66. The maximum absolute atomic E-state index is 13.0. The first-order valence-electron chi connectivity index (χ1n) is 9.92. The Kier molecular flexibility index (Phi) is 6.23. The van der Waals surface area contributed by atoms with Gasteiger partial charge >= 0.3 is 0 Å². The first-order chi connectivity index (χ1) is 14.1. The molecule has 2 heterocycles. The number of carbonyl (C=O) groups is 2. The number of amides is 2. The lowest BCUT2D eigenvalue weighted by Gasteiger charge is -2.36. The van der Waals surface area contributed by atoms with Gasteiger partial charge in [-0.25, -0.2) is 4.90 Å². The first kappa shape index (κ1) is 20.0. The van der Waals surface area contributed by atoms with Crippen LogP contribution in [0.4, 0.5) is 5.69 Å². The van der Waals surface area contributed by atoms with E-state index in [4.69, 9.17) is 0 Å². The van der Waals surface area contributed by atoms with Crippen molar-refractivity contribution in [3.63, 3.8) is 0 Å². The summed E-state index contributed by atoms with van der Waals surface area (Å²) in [6, 6.07) is 17.3. The molecule has 0 N–H and O–H groups in total. The molecular formula is C23H24BrN3O2. The summed E-state index contributed by atoms with van der Waals surface area (Å²) in [4.78, 5) is 31.4. The minimum Gasteiger partial charge on any atom is -0.297 e. The number of rotatable bonds is 5. The zero-order chi connectivity index (χ0) is 20.2. The van der Waals surface area contributed by atoms with Gasteiger partial charge in [0, 0.05) is 37.2 Å². The van der Waals surface area contributed by atoms with Crippen LogP contribution in [0, 0.1) is 0 Å². The van der Waals surface area contributed by atoms with Gasteiger partial charge in [0.15, 0.2) is 0 Å². The Bertz CT molecular complexity index is 907. The summed E-state index contributed by atoms with van der Waals surface area (Å²) in [5, 5.41) is 0. The highest BCUT2D eigenvalue weighted by Gasteiger charge is 2.43. The molecule has 0 radical (unpaired) electrons. The number of hydrogen-bond acceptors (Lipinski definition) is 4. The smallest absolute Gasteiger partial charge is 0.251 e. The number of nitrogens with zero attached hydrogens (tertiary/aromatic N) is 3. The molecule has 29 heavy (non-hydrogen) atoms. The number of anilines is 1. The normalized spacial score (nSPS) is 21.4. The van der Waals surface area contributed by atoms with Crippen molar-refractivity contribution in [1.29, 1.82) is 0 Å². The van der Waals surface area contributed by atoms with E-state index >= 15 is 0 Å². The number of hydrogen-bond donors (Lipinski definition) is 0. The van der Waals surface area contributed by atoms with Crippen LogP contribution in [-0.2, 0) is 9.59 Å². The van der Waals surface area contributed by atoms with Gasteiger partial charge in [0.05, 0.1) is 18.2 Å². The van der Waals surface area contributed by atoms with E-state index in [2.05, 4.69) is 50.0 Å². The molecule has 0 bridgehead atoms. The van der Waals surface area contributed by atoms with Crippen molar-refractivity contribution in [3.05, 3.63) is 70.7 Å². The lowest BCUT2D eigenvalue weighted by atomic mass is 10.1. The van der Waals surface area contributed by atoms with E-state index in [0.717, 1.165) is 37.2 Å². The Morgan fingerprint density at radius 2 is 1.72 bits per heavy atom. The molecule has 4 rings (SSSR count). The van der Waals surface area contributed by atoms with Crippen molar-refractivity contribution >= 4 is 39.5 Å². The van der Waals surface area contributed by atoms with Crippen LogP contribution in [0.15, 0.2) is 65.1 Å². The molecule has 0 unspecified atom stereocenters. The summed E-state index contributed by atoms with van der Waals surface area (Å²) < 4.78 is 0.858. The Balaban J connectivity index is 1.32. The van der Waals surface area contributed by atoms with Crippen molar-refractivity contribution in [2.45, 2.75) is 12.5 Å². The van der Waals surface area contributed by atoms with E-state index in [-0.39, 0.29) is 24.3 Å². The van der Waals surface area contributed by atoms with Crippen LogP contribution >= 0.6 is 15.9 Å². The van der Waals surface area contributed by atoms with E-state index in [1.165, 1.54) is 10.5 Å². The third-order valence-electron chi connectivity index (χ3n) is 5.51. The number of piperazine rings is 1. The Hall–Kier alpha value is -2.28. The van der Waals surface area contributed by atoms with E-state index in [0.29, 0.717) is 5.69 Å². The minimum atomic E-state index is -0.344. The maximum atomic E-state index is 13.0. The number of imide groups is 1. The number of carbonyl (C=O) groups excluding carboxylic acids is 2. The van der Waals surface area contributed by atoms with Gasteiger partial charge in [0.2, 0.25) is 5.91 Å². The minimum absolute atomic E-state index is 0.106. The first-order valence-corrected chi connectivity index (χ1v) is 10.7. The van der Waals surface area contributed by atoms with Crippen molar-refractivity contribution < 1.29 is 9.59 Å². The average Bonchev–Trinajstić information content (AvgIpc) is 3.03. The lowest BCUT2D eigenvalue weighted by Crippen LogP contribution is -2.52. The van der Waals surface area contributed by atoms with E-state index in [1.807, 2.05) is 36.4 Å². The van der Waals surface area contributed by atoms with Crippen LogP contribution in [0.25, 0.3) is 6.08 Å². The molecule has 6 heteroatoms. The average molecular weight is 454 g/mol. The second-order valence-electron chi connectivity index (χ2n) is 7.42. The van der Waals surface area contributed by atoms with Gasteiger partial charge in [-0.1, -0.05) is 64.5 Å². The van der Waals surface area contributed by atoms with E-state index < -0.39 is 0 Å². The molecule has 2 aromatic rings. The fourth-order valence-electron chi connectivity index (χ4n) is 3.95. The van der Waals surface area contributed by atoms with Crippen molar-refractivity contribution in [3.8, 4) is 0 Å². The van der Waals surface area contributed by atoms with Crippen molar-refractivity contribution in [1.82, 2.24) is 9.80 Å². The van der Waals surface area contributed by atoms with Crippen molar-refractivity contribution in [2.24, 2.45) is 0 Å². The molecule has 2 fully saturated rings. The van der Waals surface area contributed by atoms with E-state index in [9.17, 15) is 9.59 Å². The largest absolute Gasteiger partial charge is 0.297 e. The van der Waals surface area contributed by atoms with Gasteiger partial charge in [0.1, 0.15) is 0 Å². The molecule has 2 aliphatic rings. The third-order valence-corrected chi connectivity index (χ3v) is 6.00. The molecule has 2 aromatic carbocycles. The molecule has 2 amide bonds. The molecule has 0 aliphatic carbocycles. The predicted octanol–water partition coefficient (Wildman–Crippen LogP) is 3.41. The highest BCUT2D eigenvalue weighted by atomic mass is 79.9. The molecule has 150 valence electrons. The van der Waals surface area contributed by atoms with Crippen LogP contribution < -0.4 is 4.90 Å². The van der Waals surface area contributed by atoms with Gasteiger partial charge in [-0.3, -0.25) is 19.4 Å². The highest BCUT2D eigenvalue weighted by molar-refractivity contribution is 9.10. The zero-order valence-corrected chi connectivity index (χ0v) is 17.8. The summed E-state index contributed by atoms with van der Waals surface area (Å²) in [5.74, 6) is -0.225. The zero-order valence-electron chi connectivity index (χ0n) is 16.2. The van der Waals surface area contributed by atoms with Crippen LogP contribution in [0.5, 0.6) is 0 Å². The van der Waals surface area contributed by atoms with Gasteiger partial charge in [0.25, 0.3) is 5.91 Å². The molecule has 0 spiro atoms. The van der Waals surface area contributed by atoms with Crippen LogP contribution in [0.3, 0.4) is 0 Å². The predicted molar refractivity (Wildman–Crippen MR) is 119 cm³/mol. The summed E-state index contributed by atoms with van der Waals surface area (Å²) in [5.41, 5.74) is 1.84. The summed E-state index contributed by atoms with van der Waals surface area (Å²) in [6.07, 6.45) is 4.59. The molecule has 5 nitrogen and oxygen atoms in total. The fraction of sp³-hybridized carbons (Fsp3) is 0.304. The molecule has 0 saturated carbocycles. The van der Waals surface area contributed by atoms with Crippen LogP contribution in [-0.4, -0.2) is 60.4 Å². The molecule has 1 atom stereocenters. The topological polar surface area (TPSA) is 43.9 Å². The maximum Gasteiger partial charge on any atom is 0.251 e. The molecular weight excluding hydrogens is 430 g/mol. The van der Waals surface area contributed by atoms with Crippen LogP contribution in [0.2, 0.25) is 0 Å². The van der Waals surface area contributed by atoms with Crippen molar-refractivity contribution in [2.75, 3.05) is 37.6 Å². The summed E-state index contributed by atoms with van der Waals surface area (Å²) in [6.45, 7) is 4.29. The quantitative estimate of drug-likeness (QED) is 0.650. The Morgan fingerprint density at radius 1 is 0.966 bits per heavy atom. The number of halogens is 1. The SMILES string of the molecule is O=C1C[C@H](N2CCN(C/C=C/c3ccccc3)CC2)C(=O)N1c1cccc(Br)c1. The summed E-state index contributed by atoms with van der Waals surface area (Å²) in [7, 11) is 0. The monoisotopic (exact) mass is 453 g/mol. The van der Waals surface area contributed by atoms with E-state index in [1.54, 1.807) is 6.07 Å². The molecule has 2 saturated heterocycles. The standard InChI is InChI=1S/C23H24BrN3O2/c24-19-9-4-10-20(16-19)27-22(28)17-21(23(27)29)26-14-12-25(13-15-26)11-5-8-18-6-2-1-3-7-18/h1-10,16,21H,11-15,17H2/b8-5+/t21-/m0/s1. The van der Waals surface area contributed by atoms with Gasteiger partial charge in [-0.05, 0) is 23.8 Å². The molecule has 2 aliphatic heterocycles.